The highest BCUT2D eigenvalue weighted by atomic mass is 32.2. The van der Waals surface area contributed by atoms with Gasteiger partial charge in [-0.05, 0) is 47.7 Å². The van der Waals surface area contributed by atoms with Gasteiger partial charge in [0.15, 0.2) is 0 Å². The Hall–Kier alpha value is -2.98. The third kappa shape index (κ3) is 6.54. The second kappa shape index (κ2) is 8.58. The number of anilines is 2. The summed E-state index contributed by atoms with van der Waals surface area (Å²) >= 11 is 0. The number of carbonyl (C=O) groups is 1. The van der Waals surface area contributed by atoms with Gasteiger partial charge in [-0.1, -0.05) is 44.9 Å². The van der Waals surface area contributed by atoms with Crippen molar-refractivity contribution in [2.75, 3.05) is 16.3 Å². The molecule has 0 aliphatic heterocycles. The Bertz CT molecular complexity index is 1030. The molecule has 0 aliphatic rings. The van der Waals surface area contributed by atoms with Gasteiger partial charge < -0.3 is 10.6 Å². The standard InChI is InChI=1S/C22H27N3O3S/c1-7-16-14-17(8-13-20(16)25-29(6,27)28)15(2)23-21(26)24-19-11-9-18(10-12-19)22(3,4)5/h1,8-15,25H,2-6H3,(H2,23,24,26). The Morgan fingerprint density at radius 3 is 2.24 bits per heavy atom. The van der Waals surface area contributed by atoms with Gasteiger partial charge in [-0.3, -0.25) is 4.72 Å². The summed E-state index contributed by atoms with van der Waals surface area (Å²) in [6.45, 7) is 8.21. The largest absolute Gasteiger partial charge is 0.331 e. The molecular weight excluding hydrogens is 386 g/mol. The van der Waals surface area contributed by atoms with Crippen LogP contribution < -0.4 is 15.4 Å². The van der Waals surface area contributed by atoms with Crippen LogP contribution in [0.5, 0.6) is 0 Å². The summed E-state index contributed by atoms with van der Waals surface area (Å²) in [6, 6.07) is 12.0. The predicted molar refractivity (Wildman–Crippen MR) is 119 cm³/mol. The molecule has 1 unspecified atom stereocenters. The summed E-state index contributed by atoms with van der Waals surface area (Å²) in [6.07, 6.45) is 6.56. The first-order valence-electron chi connectivity index (χ1n) is 9.15. The van der Waals surface area contributed by atoms with Crippen LogP contribution in [-0.2, 0) is 15.4 Å². The fourth-order valence-electron chi connectivity index (χ4n) is 2.74. The molecule has 1 atom stereocenters. The highest BCUT2D eigenvalue weighted by Crippen LogP contribution is 2.24. The first-order chi connectivity index (χ1) is 13.4. The molecule has 7 heteroatoms. The van der Waals surface area contributed by atoms with Crippen molar-refractivity contribution in [3.05, 3.63) is 59.2 Å². The van der Waals surface area contributed by atoms with Gasteiger partial charge in [0.1, 0.15) is 0 Å². The summed E-state index contributed by atoms with van der Waals surface area (Å²) in [5, 5.41) is 5.66. The molecule has 6 nitrogen and oxygen atoms in total. The summed E-state index contributed by atoms with van der Waals surface area (Å²) < 4.78 is 25.3. The van der Waals surface area contributed by atoms with Gasteiger partial charge in [-0.2, -0.15) is 0 Å². The molecule has 0 saturated carbocycles. The number of urea groups is 1. The minimum atomic E-state index is -3.43. The lowest BCUT2D eigenvalue weighted by Gasteiger charge is -2.20. The van der Waals surface area contributed by atoms with Crippen LogP contribution in [0.4, 0.5) is 16.2 Å². The molecule has 0 radical (unpaired) electrons. The second-order valence-electron chi connectivity index (χ2n) is 7.97. The van der Waals surface area contributed by atoms with Crippen molar-refractivity contribution >= 4 is 27.4 Å². The van der Waals surface area contributed by atoms with Crippen LogP contribution in [0, 0.1) is 12.3 Å². The van der Waals surface area contributed by atoms with E-state index in [0.717, 1.165) is 11.8 Å². The van der Waals surface area contributed by atoms with E-state index < -0.39 is 10.0 Å². The zero-order valence-electron chi connectivity index (χ0n) is 17.3. The summed E-state index contributed by atoms with van der Waals surface area (Å²) in [5.41, 5.74) is 3.41. The number of amides is 2. The molecule has 2 aromatic carbocycles. The molecule has 0 fully saturated rings. The molecule has 154 valence electrons. The molecule has 0 saturated heterocycles. The molecule has 29 heavy (non-hydrogen) atoms. The van der Waals surface area contributed by atoms with Gasteiger partial charge >= 0.3 is 6.03 Å². The number of sulfonamides is 1. The minimum absolute atomic E-state index is 0.0438. The average molecular weight is 414 g/mol. The van der Waals surface area contributed by atoms with Crippen molar-refractivity contribution in [2.45, 2.75) is 39.2 Å². The van der Waals surface area contributed by atoms with Crippen LogP contribution in [0.25, 0.3) is 0 Å². The molecule has 0 heterocycles. The Kier molecular flexibility index (Phi) is 6.60. The van der Waals surface area contributed by atoms with E-state index in [0.29, 0.717) is 16.9 Å². The van der Waals surface area contributed by atoms with Crippen LogP contribution in [0.1, 0.15) is 50.4 Å². The Morgan fingerprint density at radius 1 is 1.10 bits per heavy atom. The van der Waals surface area contributed by atoms with E-state index in [4.69, 9.17) is 6.42 Å². The predicted octanol–water partition coefficient (Wildman–Crippen LogP) is 4.22. The smallest absolute Gasteiger partial charge is 0.319 e. The van der Waals surface area contributed by atoms with E-state index in [1.807, 2.05) is 31.2 Å². The maximum atomic E-state index is 12.3. The van der Waals surface area contributed by atoms with Gasteiger partial charge in [-0.15, -0.1) is 6.42 Å². The molecule has 3 N–H and O–H groups in total. The van der Waals surface area contributed by atoms with E-state index >= 15 is 0 Å². The number of terminal acetylenes is 1. The van der Waals surface area contributed by atoms with Crippen LogP contribution >= 0.6 is 0 Å². The van der Waals surface area contributed by atoms with Gasteiger partial charge in [-0.25, -0.2) is 13.2 Å². The Labute approximate surface area is 173 Å². The van der Waals surface area contributed by atoms with E-state index in [1.54, 1.807) is 18.2 Å². The monoisotopic (exact) mass is 413 g/mol. The van der Waals surface area contributed by atoms with Crippen molar-refractivity contribution in [3.63, 3.8) is 0 Å². The van der Waals surface area contributed by atoms with Crippen molar-refractivity contribution in [1.29, 1.82) is 0 Å². The summed E-state index contributed by atoms with van der Waals surface area (Å²) in [5.74, 6) is 2.47. The first kappa shape index (κ1) is 22.3. The van der Waals surface area contributed by atoms with Crippen molar-refractivity contribution in [3.8, 4) is 12.3 Å². The van der Waals surface area contributed by atoms with Gasteiger partial charge in [0, 0.05) is 11.3 Å². The Morgan fingerprint density at radius 2 is 1.72 bits per heavy atom. The normalized spacial score (nSPS) is 12.6. The number of hydrogen-bond donors (Lipinski definition) is 3. The van der Waals surface area contributed by atoms with Crippen LogP contribution in [0.15, 0.2) is 42.5 Å². The molecule has 0 spiro atoms. The lowest BCUT2D eigenvalue weighted by molar-refractivity contribution is 0.249. The lowest BCUT2D eigenvalue weighted by atomic mass is 9.87. The molecule has 0 bridgehead atoms. The SMILES string of the molecule is C#Cc1cc(C(C)NC(=O)Nc2ccc(C(C)(C)C)cc2)ccc1NS(C)(=O)=O. The van der Waals surface area contributed by atoms with Crippen molar-refractivity contribution < 1.29 is 13.2 Å². The summed E-state index contributed by atoms with van der Waals surface area (Å²) in [4.78, 5) is 12.3. The lowest BCUT2D eigenvalue weighted by Crippen LogP contribution is -2.31. The number of nitrogens with one attached hydrogen (secondary N) is 3. The quantitative estimate of drug-likeness (QED) is 0.642. The minimum Gasteiger partial charge on any atom is -0.331 e. The Balaban J connectivity index is 2.06. The van der Waals surface area contributed by atoms with E-state index in [2.05, 4.69) is 42.0 Å². The van der Waals surface area contributed by atoms with Crippen LogP contribution in [0.3, 0.4) is 0 Å². The maximum absolute atomic E-state index is 12.3. The van der Waals surface area contributed by atoms with Gasteiger partial charge in [0.2, 0.25) is 10.0 Å². The number of carbonyl (C=O) groups excluding carboxylic acids is 1. The highest BCUT2D eigenvalue weighted by Gasteiger charge is 2.15. The van der Waals surface area contributed by atoms with E-state index in [1.165, 1.54) is 5.56 Å². The van der Waals surface area contributed by atoms with Crippen molar-refractivity contribution in [2.24, 2.45) is 0 Å². The number of hydrogen-bond acceptors (Lipinski definition) is 3. The summed E-state index contributed by atoms with van der Waals surface area (Å²) in [7, 11) is -3.43. The molecule has 2 rings (SSSR count). The number of rotatable bonds is 5. The average Bonchev–Trinajstić information content (AvgIpc) is 2.60. The molecular formula is C22H27N3O3S. The second-order valence-corrected chi connectivity index (χ2v) is 9.72. The van der Waals surface area contributed by atoms with E-state index in [-0.39, 0.29) is 17.5 Å². The first-order valence-corrected chi connectivity index (χ1v) is 11.0. The third-order valence-electron chi connectivity index (χ3n) is 4.35. The van der Waals surface area contributed by atoms with Crippen LogP contribution in [-0.4, -0.2) is 20.7 Å². The van der Waals surface area contributed by atoms with E-state index in [9.17, 15) is 13.2 Å². The molecule has 2 aromatic rings. The number of benzene rings is 2. The fourth-order valence-corrected chi connectivity index (χ4v) is 3.32. The molecule has 2 amide bonds. The topological polar surface area (TPSA) is 87.3 Å². The zero-order valence-corrected chi connectivity index (χ0v) is 18.1. The maximum Gasteiger partial charge on any atom is 0.319 e. The van der Waals surface area contributed by atoms with Gasteiger partial charge in [0.25, 0.3) is 0 Å². The molecule has 0 aliphatic carbocycles. The van der Waals surface area contributed by atoms with Crippen LogP contribution in [0.2, 0.25) is 0 Å². The van der Waals surface area contributed by atoms with Crippen molar-refractivity contribution in [1.82, 2.24) is 5.32 Å². The highest BCUT2D eigenvalue weighted by molar-refractivity contribution is 7.92. The van der Waals surface area contributed by atoms with Gasteiger partial charge in [0.05, 0.1) is 18.0 Å². The zero-order chi connectivity index (χ0) is 21.8. The fraction of sp³-hybridized carbons (Fsp3) is 0.318. The molecule has 0 aromatic heterocycles. The third-order valence-corrected chi connectivity index (χ3v) is 4.94.